The highest BCUT2D eigenvalue weighted by molar-refractivity contribution is 9.10. The van der Waals surface area contributed by atoms with Gasteiger partial charge >= 0.3 is 0 Å². The molecule has 0 radical (unpaired) electrons. The molecule has 28 heavy (non-hydrogen) atoms. The van der Waals surface area contributed by atoms with E-state index in [1.807, 2.05) is 72.6 Å². The van der Waals surface area contributed by atoms with Crippen LogP contribution in [0.4, 0.5) is 11.4 Å². The molecule has 0 saturated carbocycles. The van der Waals surface area contributed by atoms with E-state index in [-0.39, 0.29) is 5.91 Å². The van der Waals surface area contributed by atoms with Crippen molar-refractivity contribution in [1.82, 2.24) is 4.90 Å². The number of para-hydroxylation sites is 2. The quantitative estimate of drug-likeness (QED) is 0.478. The Labute approximate surface area is 178 Å². The third-order valence-electron chi connectivity index (χ3n) is 5.17. The van der Waals surface area contributed by atoms with Gasteiger partial charge in [-0.2, -0.15) is 0 Å². The Morgan fingerprint density at radius 1 is 1.07 bits per heavy atom. The highest BCUT2D eigenvalue weighted by Crippen LogP contribution is 2.32. The van der Waals surface area contributed by atoms with Crippen molar-refractivity contribution >= 4 is 44.8 Å². The first-order valence-electron chi connectivity index (χ1n) is 9.18. The van der Waals surface area contributed by atoms with E-state index in [1.54, 1.807) is 0 Å². The Hall–Kier alpha value is -2.30. The van der Waals surface area contributed by atoms with Crippen LogP contribution in [0.1, 0.15) is 21.5 Å². The molecular formula is C23H20BrClN2O. The molecular weight excluding hydrogens is 436 g/mol. The van der Waals surface area contributed by atoms with Crippen LogP contribution in [-0.2, 0) is 13.0 Å². The molecule has 142 valence electrons. The highest BCUT2D eigenvalue weighted by atomic mass is 79.9. The normalized spacial score (nSPS) is 13.2. The zero-order valence-electron chi connectivity index (χ0n) is 15.5. The van der Waals surface area contributed by atoms with E-state index >= 15 is 0 Å². The molecule has 1 aliphatic heterocycles. The van der Waals surface area contributed by atoms with Gasteiger partial charge in [-0.05, 0) is 53.9 Å². The monoisotopic (exact) mass is 454 g/mol. The molecule has 0 atom stereocenters. The minimum atomic E-state index is 0.0418. The molecule has 3 nitrogen and oxygen atoms in total. The van der Waals surface area contributed by atoms with E-state index in [2.05, 4.69) is 26.9 Å². The molecule has 1 aliphatic rings. The van der Waals surface area contributed by atoms with Crippen LogP contribution >= 0.6 is 27.5 Å². The van der Waals surface area contributed by atoms with Gasteiger partial charge in [-0.3, -0.25) is 4.79 Å². The molecule has 0 saturated heterocycles. The summed E-state index contributed by atoms with van der Waals surface area (Å²) < 4.78 is 0.940. The molecule has 3 aromatic rings. The number of carbonyl (C=O) groups is 1. The van der Waals surface area contributed by atoms with Crippen molar-refractivity contribution in [3.8, 4) is 0 Å². The van der Waals surface area contributed by atoms with Crippen LogP contribution in [0.25, 0.3) is 0 Å². The zero-order valence-corrected chi connectivity index (χ0v) is 17.9. The average molecular weight is 456 g/mol. The smallest absolute Gasteiger partial charge is 0.256 e. The number of benzene rings is 3. The molecule has 0 fully saturated rings. The lowest BCUT2D eigenvalue weighted by Gasteiger charge is -2.31. The SMILES string of the molecule is CN(c1ccccc1)c1ccccc1C(=O)N1CCc2c(Cl)cc(Br)cc2C1. The number of anilines is 2. The van der Waals surface area contributed by atoms with Gasteiger partial charge in [0.2, 0.25) is 0 Å². The summed E-state index contributed by atoms with van der Waals surface area (Å²) in [5, 5.41) is 0.765. The van der Waals surface area contributed by atoms with Gasteiger partial charge < -0.3 is 9.80 Å². The van der Waals surface area contributed by atoms with E-state index in [0.29, 0.717) is 18.7 Å². The molecule has 0 N–H and O–H groups in total. The number of carbonyl (C=O) groups excluding carboxylic acids is 1. The molecule has 0 aliphatic carbocycles. The molecule has 1 amide bonds. The fourth-order valence-electron chi connectivity index (χ4n) is 3.69. The maximum absolute atomic E-state index is 13.4. The summed E-state index contributed by atoms with van der Waals surface area (Å²) in [6, 6.07) is 21.8. The second-order valence-corrected chi connectivity index (χ2v) is 8.24. The van der Waals surface area contributed by atoms with Crippen molar-refractivity contribution in [1.29, 1.82) is 0 Å². The molecule has 0 aromatic heterocycles. The van der Waals surface area contributed by atoms with Crippen molar-refractivity contribution < 1.29 is 4.79 Å². The maximum Gasteiger partial charge on any atom is 0.256 e. The Morgan fingerprint density at radius 3 is 2.57 bits per heavy atom. The van der Waals surface area contributed by atoms with E-state index in [1.165, 1.54) is 0 Å². The van der Waals surface area contributed by atoms with Gasteiger partial charge in [-0.1, -0.05) is 57.9 Å². The van der Waals surface area contributed by atoms with Crippen LogP contribution in [0.2, 0.25) is 5.02 Å². The fourth-order valence-corrected chi connectivity index (χ4v) is 4.66. The van der Waals surface area contributed by atoms with Gasteiger partial charge in [-0.25, -0.2) is 0 Å². The van der Waals surface area contributed by atoms with Crippen molar-refractivity contribution in [3.63, 3.8) is 0 Å². The standard InChI is InChI=1S/C23H20BrClN2O/c1-26(18-7-3-2-4-8-18)22-10-6-5-9-20(22)23(28)27-12-11-19-16(15-27)13-17(24)14-21(19)25/h2-10,13-14H,11-12,15H2,1H3. The molecule has 5 heteroatoms. The predicted molar refractivity (Wildman–Crippen MR) is 119 cm³/mol. The van der Waals surface area contributed by atoms with E-state index < -0.39 is 0 Å². The van der Waals surface area contributed by atoms with Crippen molar-refractivity contribution in [3.05, 3.63) is 92.9 Å². The molecule has 1 heterocycles. The molecule has 0 unspecified atom stereocenters. The number of nitrogens with zero attached hydrogens (tertiary/aromatic N) is 2. The number of hydrogen-bond acceptors (Lipinski definition) is 2. The summed E-state index contributed by atoms with van der Waals surface area (Å²) in [5.74, 6) is 0.0418. The first kappa shape index (κ1) is 19.0. The maximum atomic E-state index is 13.4. The van der Waals surface area contributed by atoms with Gasteiger partial charge in [0.05, 0.1) is 11.3 Å². The van der Waals surface area contributed by atoms with Crippen molar-refractivity contribution in [2.75, 3.05) is 18.5 Å². The molecule has 3 aromatic carbocycles. The number of hydrogen-bond donors (Lipinski definition) is 0. The van der Waals surface area contributed by atoms with Gasteiger partial charge in [0.25, 0.3) is 5.91 Å². The van der Waals surface area contributed by atoms with Crippen LogP contribution in [0, 0.1) is 0 Å². The lowest BCUT2D eigenvalue weighted by atomic mass is 9.98. The third kappa shape index (κ3) is 3.67. The molecule has 0 bridgehead atoms. The summed E-state index contributed by atoms with van der Waals surface area (Å²) in [6.45, 7) is 1.23. The van der Waals surface area contributed by atoms with Crippen LogP contribution in [0.5, 0.6) is 0 Å². The van der Waals surface area contributed by atoms with Crippen LogP contribution in [-0.4, -0.2) is 24.4 Å². The Kier molecular flexibility index (Phi) is 5.42. The van der Waals surface area contributed by atoms with E-state index in [4.69, 9.17) is 11.6 Å². The minimum absolute atomic E-state index is 0.0418. The lowest BCUT2D eigenvalue weighted by Crippen LogP contribution is -2.36. The first-order valence-corrected chi connectivity index (χ1v) is 10.4. The van der Waals surface area contributed by atoms with E-state index in [0.717, 1.165) is 38.4 Å². The van der Waals surface area contributed by atoms with Gasteiger partial charge in [0, 0.05) is 35.3 Å². The molecule has 0 spiro atoms. The summed E-state index contributed by atoms with van der Waals surface area (Å²) in [7, 11) is 1.99. The number of rotatable bonds is 3. The second-order valence-electron chi connectivity index (χ2n) is 6.91. The largest absolute Gasteiger partial charge is 0.344 e. The van der Waals surface area contributed by atoms with E-state index in [9.17, 15) is 4.79 Å². The lowest BCUT2D eigenvalue weighted by molar-refractivity contribution is 0.0735. The second kappa shape index (κ2) is 7.98. The van der Waals surface area contributed by atoms with Crippen LogP contribution in [0.15, 0.2) is 71.2 Å². The summed E-state index contributed by atoms with van der Waals surface area (Å²) >= 11 is 9.89. The van der Waals surface area contributed by atoms with Gasteiger partial charge in [0.15, 0.2) is 0 Å². The number of halogens is 2. The van der Waals surface area contributed by atoms with Crippen LogP contribution < -0.4 is 4.90 Å². The first-order chi connectivity index (χ1) is 13.5. The summed E-state index contributed by atoms with van der Waals surface area (Å²) in [5.41, 5.74) is 4.90. The summed E-state index contributed by atoms with van der Waals surface area (Å²) in [4.78, 5) is 17.4. The Balaban J connectivity index is 1.64. The average Bonchev–Trinajstić information content (AvgIpc) is 2.72. The van der Waals surface area contributed by atoms with Crippen molar-refractivity contribution in [2.45, 2.75) is 13.0 Å². The third-order valence-corrected chi connectivity index (χ3v) is 5.97. The van der Waals surface area contributed by atoms with Crippen LogP contribution in [0.3, 0.4) is 0 Å². The number of amides is 1. The Bertz CT molecular complexity index is 1020. The van der Waals surface area contributed by atoms with Gasteiger partial charge in [-0.15, -0.1) is 0 Å². The topological polar surface area (TPSA) is 23.6 Å². The summed E-state index contributed by atoms with van der Waals surface area (Å²) in [6.07, 6.45) is 0.768. The van der Waals surface area contributed by atoms with Crippen molar-refractivity contribution in [2.24, 2.45) is 0 Å². The Morgan fingerprint density at radius 2 is 1.79 bits per heavy atom. The minimum Gasteiger partial charge on any atom is -0.344 e. The zero-order chi connectivity index (χ0) is 19.7. The highest BCUT2D eigenvalue weighted by Gasteiger charge is 2.26. The predicted octanol–water partition coefficient (Wildman–Crippen LogP) is 6.07. The number of fused-ring (bicyclic) bond motifs is 1. The van der Waals surface area contributed by atoms with Gasteiger partial charge in [0.1, 0.15) is 0 Å². The molecule has 4 rings (SSSR count). The fraction of sp³-hybridized carbons (Fsp3) is 0.174.